The normalized spacial score (nSPS) is 13.9. The molecule has 0 aliphatic heterocycles. The van der Waals surface area contributed by atoms with Crippen molar-refractivity contribution in [3.8, 4) is 11.5 Å². The molecular weight excluding hydrogens is 304 g/mol. The standard InChI is InChI=1S/C18H20N4O2/c1-23-13-5-6-14(17(7-13)24-2)21-18-8-16-15(9-19-18)20-11-22(16)10-12-3-4-12/h5-9,11-12H,3-4,10H2,1-2H3,(H,19,21). The maximum absolute atomic E-state index is 5.43. The molecule has 0 atom stereocenters. The number of pyridine rings is 1. The van der Waals surface area contributed by atoms with Gasteiger partial charge in [-0.25, -0.2) is 9.97 Å². The molecule has 0 unspecified atom stereocenters. The summed E-state index contributed by atoms with van der Waals surface area (Å²) in [4.78, 5) is 8.89. The predicted octanol–water partition coefficient (Wildman–Crippen LogP) is 3.60. The summed E-state index contributed by atoms with van der Waals surface area (Å²) in [5, 5.41) is 3.32. The Bertz CT molecular complexity index is 871. The van der Waals surface area contributed by atoms with Crippen LogP contribution in [0.25, 0.3) is 11.0 Å². The highest BCUT2D eigenvalue weighted by Crippen LogP contribution is 2.33. The molecule has 1 N–H and O–H groups in total. The molecule has 6 heteroatoms. The first-order valence-electron chi connectivity index (χ1n) is 8.07. The number of nitrogens with zero attached hydrogens (tertiary/aromatic N) is 3. The first-order chi connectivity index (χ1) is 11.8. The number of ether oxygens (including phenoxy) is 2. The number of rotatable bonds is 6. The molecule has 1 aliphatic rings. The molecular formula is C18H20N4O2. The molecule has 2 aromatic heterocycles. The highest BCUT2D eigenvalue weighted by Gasteiger charge is 2.22. The van der Waals surface area contributed by atoms with Crippen molar-refractivity contribution in [3.05, 3.63) is 36.8 Å². The number of aromatic nitrogens is 3. The Labute approximate surface area is 140 Å². The SMILES string of the molecule is COc1ccc(Nc2cc3c(cn2)ncn3CC2CC2)c(OC)c1. The molecule has 3 aromatic rings. The number of nitrogens with one attached hydrogen (secondary N) is 1. The van der Waals surface area contributed by atoms with Gasteiger partial charge >= 0.3 is 0 Å². The number of fused-ring (bicyclic) bond motifs is 1. The second kappa shape index (κ2) is 6.03. The van der Waals surface area contributed by atoms with Crippen molar-refractivity contribution in [2.75, 3.05) is 19.5 Å². The van der Waals surface area contributed by atoms with Gasteiger partial charge < -0.3 is 19.4 Å². The summed E-state index contributed by atoms with van der Waals surface area (Å²) in [6.07, 6.45) is 6.34. The topological polar surface area (TPSA) is 61.2 Å². The van der Waals surface area contributed by atoms with Crippen molar-refractivity contribution in [2.24, 2.45) is 5.92 Å². The van der Waals surface area contributed by atoms with Crippen molar-refractivity contribution < 1.29 is 9.47 Å². The zero-order valence-electron chi connectivity index (χ0n) is 13.8. The Morgan fingerprint density at radius 2 is 2.04 bits per heavy atom. The average Bonchev–Trinajstić information content (AvgIpc) is 3.35. The van der Waals surface area contributed by atoms with Gasteiger partial charge in [0, 0.05) is 18.7 Å². The van der Waals surface area contributed by atoms with Crippen molar-refractivity contribution in [1.29, 1.82) is 0 Å². The molecule has 1 aliphatic carbocycles. The minimum absolute atomic E-state index is 0.711. The average molecular weight is 324 g/mol. The van der Waals surface area contributed by atoms with E-state index in [4.69, 9.17) is 9.47 Å². The number of imidazole rings is 1. The number of benzene rings is 1. The lowest BCUT2D eigenvalue weighted by molar-refractivity contribution is 0.395. The first-order valence-corrected chi connectivity index (χ1v) is 8.07. The summed E-state index contributed by atoms with van der Waals surface area (Å²) in [6, 6.07) is 7.69. The minimum atomic E-state index is 0.711. The van der Waals surface area contributed by atoms with Crippen LogP contribution in [0.1, 0.15) is 12.8 Å². The van der Waals surface area contributed by atoms with Gasteiger partial charge in [0.1, 0.15) is 22.8 Å². The predicted molar refractivity (Wildman–Crippen MR) is 93.1 cm³/mol. The zero-order valence-corrected chi connectivity index (χ0v) is 13.8. The molecule has 1 aromatic carbocycles. The maximum atomic E-state index is 5.43. The van der Waals surface area contributed by atoms with Crippen LogP contribution >= 0.6 is 0 Å². The van der Waals surface area contributed by atoms with E-state index in [2.05, 4.69) is 19.9 Å². The van der Waals surface area contributed by atoms with Crippen LogP contribution in [0.3, 0.4) is 0 Å². The molecule has 24 heavy (non-hydrogen) atoms. The molecule has 1 fully saturated rings. The van der Waals surface area contributed by atoms with Gasteiger partial charge in [0.25, 0.3) is 0 Å². The monoisotopic (exact) mass is 324 g/mol. The lowest BCUT2D eigenvalue weighted by Crippen LogP contribution is -2.00. The van der Waals surface area contributed by atoms with Crippen LogP contribution in [0.4, 0.5) is 11.5 Å². The number of hydrogen-bond acceptors (Lipinski definition) is 5. The maximum Gasteiger partial charge on any atom is 0.146 e. The van der Waals surface area contributed by atoms with Crippen molar-refractivity contribution >= 4 is 22.5 Å². The van der Waals surface area contributed by atoms with Gasteiger partial charge in [0.2, 0.25) is 0 Å². The molecule has 0 radical (unpaired) electrons. The van der Waals surface area contributed by atoms with Crippen LogP contribution < -0.4 is 14.8 Å². The molecule has 6 nitrogen and oxygen atoms in total. The van der Waals surface area contributed by atoms with Crippen molar-refractivity contribution in [3.63, 3.8) is 0 Å². The van der Waals surface area contributed by atoms with Gasteiger partial charge in [0.15, 0.2) is 0 Å². The van der Waals surface area contributed by atoms with Crippen LogP contribution in [-0.4, -0.2) is 28.8 Å². The van der Waals surface area contributed by atoms with Crippen LogP contribution in [0.5, 0.6) is 11.5 Å². The second-order valence-corrected chi connectivity index (χ2v) is 6.09. The molecule has 124 valence electrons. The van der Waals surface area contributed by atoms with Gasteiger partial charge in [-0.3, -0.25) is 0 Å². The Kier molecular flexibility index (Phi) is 3.72. The lowest BCUT2D eigenvalue weighted by atomic mass is 10.2. The summed E-state index contributed by atoms with van der Waals surface area (Å²) >= 11 is 0. The molecule has 2 heterocycles. The Morgan fingerprint density at radius 1 is 1.17 bits per heavy atom. The van der Waals surface area contributed by atoms with E-state index in [9.17, 15) is 0 Å². The van der Waals surface area contributed by atoms with E-state index >= 15 is 0 Å². The van der Waals surface area contributed by atoms with Gasteiger partial charge in [-0.1, -0.05) is 0 Å². The first kappa shape index (κ1) is 14.8. The fourth-order valence-electron chi connectivity index (χ4n) is 2.79. The minimum Gasteiger partial charge on any atom is -0.497 e. The zero-order chi connectivity index (χ0) is 16.5. The fourth-order valence-corrected chi connectivity index (χ4v) is 2.79. The number of methoxy groups -OCH3 is 2. The molecule has 0 amide bonds. The number of anilines is 2. The van der Waals surface area contributed by atoms with Crippen LogP contribution in [0, 0.1) is 5.92 Å². The summed E-state index contributed by atoms with van der Waals surface area (Å²) in [7, 11) is 3.28. The third kappa shape index (κ3) is 2.87. The largest absolute Gasteiger partial charge is 0.497 e. The summed E-state index contributed by atoms with van der Waals surface area (Å²) < 4.78 is 12.9. The van der Waals surface area contributed by atoms with Gasteiger partial charge in [-0.15, -0.1) is 0 Å². The van der Waals surface area contributed by atoms with Crippen LogP contribution in [0.15, 0.2) is 36.8 Å². The van der Waals surface area contributed by atoms with E-state index in [1.807, 2.05) is 30.6 Å². The Hall–Kier alpha value is -2.76. The smallest absolute Gasteiger partial charge is 0.146 e. The summed E-state index contributed by atoms with van der Waals surface area (Å²) in [6.45, 7) is 1.03. The van der Waals surface area contributed by atoms with E-state index in [-0.39, 0.29) is 0 Å². The van der Waals surface area contributed by atoms with Gasteiger partial charge in [-0.2, -0.15) is 0 Å². The van der Waals surface area contributed by atoms with Gasteiger partial charge in [-0.05, 0) is 30.9 Å². The number of hydrogen-bond donors (Lipinski definition) is 1. The summed E-state index contributed by atoms with van der Waals surface area (Å²) in [5.41, 5.74) is 2.87. The lowest BCUT2D eigenvalue weighted by Gasteiger charge is -2.12. The van der Waals surface area contributed by atoms with Crippen molar-refractivity contribution in [2.45, 2.75) is 19.4 Å². The molecule has 4 rings (SSSR count). The molecule has 0 bridgehead atoms. The summed E-state index contributed by atoms with van der Waals surface area (Å²) in [5.74, 6) is 3.03. The highest BCUT2D eigenvalue weighted by molar-refractivity contribution is 5.79. The van der Waals surface area contributed by atoms with E-state index in [0.29, 0.717) is 5.75 Å². The third-order valence-corrected chi connectivity index (χ3v) is 4.33. The van der Waals surface area contributed by atoms with E-state index in [1.165, 1.54) is 12.8 Å². The Morgan fingerprint density at radius 3 is 2.79 bits per heavy atom. The van der Waals surface area contributed by atoms with Gasteiger partial charge in [0.05, 0.1) is 37.9 Å². The Balaban J connectivity index is 1.64. The highest BCUT2D eigenvalue weighted by atomic mass is 16.5. The van der Waals surface area contributed by atoms with Crippen LogP contribution in [0.2, 0.25) is 0 Å². The molecule has 1 saturated carbocycles. The third-order valence-electron chi connectivity index (χ3n) is 4.33. The molecule has 0 spiro atoms. The van der Waals surface area contributed by atoms with Crippen molar-refractivity contribution in [1.82, 2.24) is 14.5 Å². The van der Waals surface area contributed by atoms with Crippen LogP contribution in [-0.2, 0) is 6.54 Å². The fraction of sp³-hybridized carbons (Fsp3) is 0.333. The quantitative estimate of drug-likeness (QED) is 0.750. The van der Waals surface area contributed by atoms with E-state index < -0.39 is 0 Å². The molecule has 0 saturated heterocycles. The second-order valence-electron chi connectivity index (χ2n) is 6.09. The van der Waals surface area contributed by atoms with E-state index in [1.54, 1.807) is 20.4 Å². The van der Waals surface area contributed by atoms with E-state index in [0.717, 1.165) is 40.8 Å².